The first-order valence-electron chi connectivity index (χ1n) is 6.26. The molecule has 2 nitrogen and oxygen atoms in total. The van der Waals surface area contributed by atoms with Gasteiger partial charge in [-0.25, -0.2) is 4.98 Å². The van der Waals surface area contributed by atoms with E-state index in [1.165, 1.54) is 5.56 Å². The van der Waals surface area contributed by atoms with Gasteiger partial charge in [-0.2, -0.15) is 5.26 Å². The van der Waals surface area contributed by atoms with Gasteiger partial charge in [0.2, 0.25) is 0 Å². The highest BCUT2D eigenvalue weighted by Crippen LogP contribution is 2.33. The number of hydrogen-bond donors (Lipinski definition) is 0. The van der Waals surface area contributed by atoms with Crippen LogP contribution in [0.1, 0.15) is 11.1 Å². The molecule has 0 bridgehead atoms. The van der Waals surface area contributed by atoms with E-state index in [0.717, 1.165) is 26.6 Å². The Morgan fingerprint density at radius 1 is 1.05 bits per heavy atom. The second kappa shape index (κ2) is 5.07. The molecule has 3 heteroatoms. The van der Waals surface area contributed by atoms with Crippen molar-refractivity contribution < 1.29 is 0 Å². The molecule has 1 aromatic heterocycles. The van der Waals surface area contributed by atoms with Crippen LogP contribution in [0.2, 0.25) is 0 Å². The molecule has 0 N–H and O–H groups in total. The zero-order valence-electron chi connectivity index (χ0n) is 10.9. The fourth-order valence-corrected chi connectivity index (χ4v) is 2.78. The Morgan fingerprint density at radius 3 is 2.45 bits per heavy atom. The Morgan fingerprint density at radius 2 is 1.75 bits per heavy atom. The summed E-state index contributed by atoms with van der Waals surface area (Å²) < 4.78 is 1.00. The van der Waals surface area contributed by atoms with E-state index in [4.69, 9.17) is 10.2 Å². The molecule has 0 aliphatic rings. The van der Waals surface area contributed by atoms with Gasteiger partial charge in [0.15, 0.2) is 0 Å². The van der Waals surface area contributed by atoms with E-state index < -0.39 is 0 Å². The van der Waals surface area contributed by atoms with Crippen molar-refractivity contribution >= 4 is 26.8 Å². The topological polar surface area (TPSA) is 36.7 Å². The smallest absolute Gasteiger partial charge is 0.0991 e. The van der Waals surface area contributed by atoms with Crippen LogP contribution in [0, 0.1) is 18.3 Å². The molecule has 0 amide bonds. The van der Waals surface area contributed by atoms with Crippen LogP contribution in [0.15, 0.2) is 53.0 Å². The number of aromatic nitrogens is 1. The highest BCUT2D eigenvalue weighted by Gasteiger charge is 2.11. The van der Waals surface area contributed by atoms with Crippen molar-refractivity contribution in [2.24, 2.45) is 0 Å². The second-order valence-corrected chi connectivity index (χ2v) is 5.40. The lowest BCUT2D eigenvalue weighted by Crippen LogP contribution is -1.91. The van der Waals surface area contributed by atoms with E-state index in [-0.39, 0.29) is 0 Å². The minimum absolute atomic E-state index is 0.655. The molecule has 3 aromatic rings. The van der Waals surface area contributed by atoms with E-state index in [1.54, 1.807) is 0 Å². The van der Waals surface area contributed by atoms with Crippen molar-refractivity contribution in [2.45, 2.75) is 6.92 Å². The summed E-state index contributed by atoms with van der Waals surface area (Å²) in [6, 6.07) is 17.7. The Labute approximate surface area is 125 Å². The second-order valence-electron chi connectivity index (χ2n) is 4.61. The Kier molecular flexibility index (Phi) is 3.25. The van der Waals surface area contributed by atoms with Gasteiger partial charge in [0.05, 0.1) is 22.8 Å². The van der Waals surface area contributed by atoms with E-state index >= 15 is 0 Å². The van der Waals surface area contributed by atoms with Crippen LogP contribution in [-0.4, -0.2) is 4.98 Å². The molecule has 0 saturated carbocycles. The number of para-hydroxylation sites is 1. The van der Waals surface area contributed by atoms with Crippen molar-refractivity contribution in [3.05, 3.63) is 64.1 Å². The Hall–Kier alpha value is -2.18. The van der Waals surface area contributed by atoms with Gasteiger partial charge in [0.25, 0.3) is 0 Å². The van der Waals surface area contributed by atoms with Gasteiger partial charge in [-0.1, -0.05) is 30.3 Å². The summed E-state index contributed by atoms with van der Waals surface area (Å²) in [5.41, 5.74) is 4.72. The summed E-state index contributed by atoms with van der Waals surface area (Å²) in [4.78, 5) is 4.73. The standard InChI is InChI=1S/C17H11BrN2/c1-11-14-4-2-3-5-15(14)20-17(16(11)18)13-8-6-12(10-19)7-9-13/h2-9H,1H3. The molecule has 0 radical (unpaired) electrons. The molecule has 0 aliphatic carbocycles. The van der Waals surface area contributed by atoms with Crippen LogP contribution >= 0.6 is 15.9 Å². The fraction of sp³-hybridized carbons (Fsp3) is 0.0588. The van der Waals surface area contributed by atoms with Crippen LogP contribution in [0.5, 0.6) is 0 Å². The van der Waals surface area contributed by atoms with Crippen LogP contribution in [0.25, 0.3) is 22.2 Å². The number of nitriles is 1. The van der Waals surface area contributed by atoms with E-state index in [0.29, 0.717) is 5.56 Å². The molecule has 0 aliphatic heterocycles. The van der Waals surface area contributed by atoms with Gasteiger partial charge < -0.3 is 0 Å². The number of pyridine rings is 1. The summed E-state index contributed by atoms with van der Waals surface area (Å²) >= 11 is 3.65. The molecule has 0 fully saturated rings. The molecule has 0 unspecified atom stereocenters. The molecule has 0 spiro atoms. The van der Waals surface area contributed by atoms with Crippen molar-refractivity contribution in [1.29, 1.82) is 5.26 Å². The van der Waals surface area contributed by atoms with Gasteiger partial charge in [-0.15, -0.1) is 0 Å². The molecule has 20 heavy (non-hydrogen) atoms. The number of nitrogens with zero attached hydrogens (tertiary/aromatic N) is 2. The van der Waals surface area contributed by atoms with Crippen LogP contribution < -0.4 is 0 Å². The first-order chi connectivity index (χ1) is 9.70. The largest absolute Gasteiger partial charge is 0.247 e. The zero-order valence-corrected chi connectivity index (χ0v) is 12.5. The molecule has 96 valence electrons. The number of benzene rings is 2. The molecule has 2 aromatic carbocycles. The predicted octanol–water partition coefficient (Wildman–Crippen LogP) is 4.84. The lowest BCUT2D eigenvalue weighted by molar-refractivity contribution is 1.33. The van der Waals surface area contributed by atoms with E-state index in [2.05, 4.69) is 35.0 Å². The normalized spacial score (nSPS) is 10.4. The SMILES string of the molecule is Cc1c(Br)c(-c2ccc(C#N)cc2)nc2ccccc12. The van der Waals surface area contributed by atoms with Gasteiger partial charge in [0.1, 0.15) is 0 Å². The number of rotatable bonds is 1. The first kappa shape index (κ1) is 12.8. The number of fused-ring (bicyclic) bond motifs is 1. The summed E-state index contributed by atoms with van der Waals surface area (Å²) in [6.45, 7) is 2.08. The maximum absolute atomic E-state index is 8.86. The number of hydrogen-bond acceptors (Lipinski definition) is 2. The highest BCUT2D eigenvalue weighted by atomic mass is 79.9. The summed E-state index contributed by atoms with van der Waals surface area (Å²) in [6.07, 6.45) is 0. The lowest BCUT2D eigenvalue weighted by Gasteiger charge is -2.10. The highest BCUT2D eigenvalue weighted by molar-refractivity contribution is 9.10. The predicted molar refractivity (Wildman–Crippen MR) is 84.3 cm³/mol. The van der Waals surface area contributed by atoms with Gasteiger partial charge in [0, 0.05) is 15.4 Å². The maximum Gasteiger partial charge on any atom is 0.0991 e. The zero-order chi connectivity index (χ0) is 14.1. The maximum atomic E-state index is 8.86. The van der Waals surface area contributed by atoms with Gasteiger partial charge in [-0.3, -0.25) is 0 Å². The Bertz CT molecular complexity index is 830. The molecular formula is C17H11BrN2. The van der Waals surface area contributed by atoms with Crippen LogP contribution in [-0.2, 0) is 0 Å². The molecule has 0 saturated heterocycles. The summed E-state index contributed by atoms with van der Waals surface area (Å²) in [5, 5.41) is 10.0. The van der Waals surface area contributed by atoms with Gasteiger partial charge in [-0.05, 0) is 46.6 Å². The lowest BCUT2D eigenvalue weighted by atomic mass is 10.0. The van der Waals surface area contributed by atoms with Crippen molar-refractivity contribution in [2.75, 3.05) is 0 Å². The quantitative estimate of drug-likeness (QED) is 0.642. The first-order valence-corrected chi connectivity index (χ1v) is 7.05. The monoisotopic (exact) mass is 322 g/mol. The van der Waals surface area contributed by atoms with Crippen molar-refractivity contribution in [1.82, 2.24) is 4.98 Å². The number of halogens is 1. The van der Waals surface area contributed by atoms with E-state index in [1.807, 2.05) is 42.5 Å². The van der Waals surface area contributed by atoms with Gasteiger partial charge >= 0.3 is 0 Å². The average Bonchev–Trinajstić information content (AvgIpc) is 2.51. The van der Waals surface area contributed by atoms with Crippen molar-refractivity contribution in [3.8, 4) is 17.3 Å². The third kappa shape index (κ3) is 2.09. The fourth-order valence-electron chi connectivity index (χ4n) is 2.25. The number of aryl methyl sites for hydroxylation is 1. The molecule has 3 rings (SSSR count). The Balaban J connectivity index is 2.25. The third-order valence-electron chi connectivity index (χ3n) is 3.36. The molecular weight excluding hydrogens is 312 g/mol. The summed E-state index contributed by atoms with van der Waals surface area (Å²) in [5.74, 6) is 0. The minimum atomic E-state index is 0.655. The minimum Gasteiger partial charge on any atom is -0.247 e. The third-order valence-corrected chi connectivity index (χ3v) is 4.34. The average molecular weight is 323 g/mol. The van der Waals surface area contributed by atoms with Crippen molar-refractivity contribution in [3.63, 3.8) is 0 Å². The van der Waals surface area contributed by atoms with Crippen LogP contribution in [0.4, 0.5) is 0 Å². The van der Waals surface area contributed by atoms with E-state index in [9.17, 15) is 0 Å². The molecule has 1 heterocycles. The van der Waals surface area contributed by atoms with Crippen LogP contribution in [0.3, 0.4) is 0 Å². The molecule has 0 atom stereocenters. The summed E-state index contributed by atoms with van der Waals surface area (Å²) in [7, 11) is 0.